The first-order valence-corrected chi connectivity index (χ1v) is 1.90. The van der Waals surface area contributed by atoms with E-state index in [0.717, 1.165) is 0 Å². The van der Waals surface area contributed by atoms with Crippen LogP contribution < -0.4 is 0 Å². The molecule has 0 rings (SSSR count). The Balaban J connectivity index is 2.62. The minimum atomic E-state index is 1.47. The number of hydrogen-bond donors (Lipinski definition) is 0. The molecular weight excluding hydrogens is 83.5 g/mol. The van der Waals surface area contributed by atoms with Gasteiger partial charge in [-0.3, -0.25) is 0 Å². The van der Waals surface area contributed by atoms with Gasteiger partial charge >= 0.3 is 0 Å². The predicted octanol–water partition coefficient (Wildman–Crippen LogP) is 1.96. The van der Waals surface area contributed by atoms with Crippen LogP contribution >= 0.6 is 11.6 Å². The van der Waals surface area contributed by atoms with Crippen molar-refractivity contribution in [2.75, 3.05) is 0 Å². The molecule has 0 aromatic rings. The van der Waals surface area contributed by atoms with Crippen LogP contribution in [0.3, 0.4) is 0 Å². The van der Waals surface area contributed by atoms with Gasteiger partial charge in [-0.1, -0.05) is 24.6 Å². The van der Waals surface area contributed by atoms with E-state index in [9.17, 15) is 0 Å². The molecule has 0 aliphatic heterocycles. The zero-order chi connectivity index (χ0) is 4.12. The minimum Gasteiger partial charge on any atom is -0.0933 e. The molecule has 0 aliphatic rings. The average Bonchev–Trinajstić information content (AvgIpc) is 1.41. The first-order valence-electron chi connectivity index (χ1n) is 1.46. The van der Waals surface area contributed by atoms with Gasteiger partial charge in [-0.15, -0.1) is 0 Å². The van der Waals surface area contributed by atoms with E-state index < -0.39 is 0 Å². The molecule has 0 heterocycles. The van der Waals surface area contributed by atoms with Crippen molar-refractivity contribution in [2.24, 2.45) is 0 Å². The number of rotatable bonds is 1. The Hall–Kier alpha value is 0.0300. The van der Waals surface area contributed by atoms with Gasteiger partial charge in [0.15, 0.2) is 0 Å². The number of hydrogen-bond acceptors (Lipinski definition) is 0. The average molecular weight is 89.5 g/mol. The molecule has 0 aliphatic carbocycles. The van der Waals surface area contributed by atoms with E-state index in [1.54, 1.807) is 6.08 Å². The van der Waals surface area contributed by atoms with Gasteiger partial charge in [0, 0.05) is 5.54 Å². The van der Waals surface area contributed by atoms with Gasteiger partial charge in [0.1, 0.15) is 0 Å². The first kappa shape index (κ1) is 5.03. The maximum absolute atomic E-state index is 5.09. The lowest BCUT2D eigenvalue weighted by Gasteiger charge is -1.62. The minimum absolute atomic E-state index is 1.47. The van der Waals surface area contributed by atoms with Crippen LogP contribution in [0, 0.1) is 6.42 Å². The van der Waals surface area contributed by atoms with Crippen molar-refractivity contribution in [2.45, 2.75) is 6.92 Å². The van der Waals surface area contributed by atoms with Crippen molar-refractivity contribution >= 4 is 11.6 Å². The fraction of sp³-hybridized carbons (Fsp3) is 0.250. The van der Waals surface area contributed by atoms with Gasteiger partial charge in [0.25, 0.3) is 0 Å². The maximum atomic E-state index is 5.09. The maximum Gasteiger partial charge on any atom is 0.000536 e. The van der Waals surface area contributed by atoms with Crippen LogP contribution in [-0.4, -0.2) is 0 Å². The summed E-state index contributed by atoms with van der Waals surface area (Å²) in [6.45, 7) is 1.92. The summed E-state index contributed by atoms with van der Waals surface area (Å²) in [5.74, 6) is 0. The second-order valence-corrected chi connectivity index (χ2v) is 0.904. The van der Waals surface area contributed by atoms with E-state index in [2.05, 4.69) is 0 Å². The molecule has 1 radical (unpaired) electrons. The van der Waals surface area contributed by atoms with Crippen LogP contribution in [-0.2, 0) is 0 Å². The Morgan fingerprint density at radius 1 is 1.60 bits per heavy atom. The lowest BCUT2D eigenvalue weighted by molar-refractivity contribution is 1.57. The number of allylic oxidation sites excluding steroid dienone is 1. The summed E-state index contributed by atoms with van der Waals surface area (Å²) in [6, 6.07) is 0. The summed E-state index contributed by atoms with van der Waals surface area (Å²) in [7, 11) is 0. The molecule has 0 saturated heterocycles. The van der Waals surface area contributed by atoms with Gasteiger partial charge in [0.05, 0.1) is 0 Å². The summed E-state index contributed by atoms with van der Waals surface area (Å²) in [6.07, 6.45) is 3.63. The van der Waals surface area contributed by atoms with Crippen molar-refractivity contribution in [1.29, 1.82) is 0 Å². The van der Waals surface area contributed by atoms with Crippen LogP contribution in [0.5, 0.6) is 0 Å². The third-order valence-corrected chi connectivity index (χ3v) is 0.411. The highest BCUT2D eigenvalue weighted by Gasteiger charge is 1.54. The van der Waals surface area contributed by atoms with Crippen molar-refractivity contribution < 1.29 is 0 Å². The molecule has 1 heteroatoms. The molecule has 0 saturated carbocycles. The highest BCUT2D eigenvalue weighted by Crippen LogP contribution is 1.78. The van der Waals surface area contributed by atoms with Crippen molar-refractivity contribution in [3.05, 3.63) is 18.0 Å². The fourth-order valence-corrected chi connectivity index (χ4v) is 0.218. The predicted molar refractivity (Wildman–Crippen MR) is 25.0 cm³/mol. The third kappa shape index (κ3) is 4.03. The lowest BCUT2D eigenvalue weighted by Crippen LogP contribution is -1.43. The third-order valence-electron chi connectivity index (χ3n) is 0.265. The van der Waals surface area contributed by atoms with Gasteiger partial charge in [0.2, 0.25) is 0 Å². The van der Waals surface area contributed by atoms with Crippen molar-refractivity contribution in [1.82, 2.24) is 0 Å². The van der Waals surface area contributed by atoms with E-state index >= 15 is 0 Å². The van der Waals surface area contributed by atoms with Gasteiger partial charge in [-0.05, 0) is 6.42 Å². The van der Waals surface area contributed by atoms with Crippen LogP contribution in [0.4, 0.5) is 0 Å². The fourth-order valence-electron chi connectivity index (χ4n) is 0.0727. The molecule has 0 amide bonds. The Labute approximate surface area is 37.4 Å². The largest absolute Gasteiger partial charge is 0.0933 e. The summed E-state index contributed by atoms with van der Waals surface area (Å²) in [4.78, 5) is 0. The molecule has 5 heavy (non-hydrogen) atoms. The van der Waals surface area contributed by atoms with Crippen LogP contribution in [0.1, 0.15) is 6.92 Å². The van der Waals surface area contributed by atoms with E-state index in [-0.39, 0.29) is 0 Å². The van der Waals surface area contributed by atoms with E-state index in [0.29, 0.717) is 0 Å². The molecule has 0 atom stereocenters. The molecule has 0 nitrogen and oxygen atoms in total. The van der Waals surface area contributed by atoms with Crippen LogP contribution in [0.15, 0.2) is 11.6 Å². The monoisotopic (exact) mass is 89.0 g/mol. The van der Waals surface area contributed by atoms with Crippen molar-refractivity contribution in [3.8, 4) is 0 Å². The molecule has 0 aromatic carbocycles. The van der Waals surface area contributed by atoms with E-state index in [1.165, 1.54) is 5.54 Å². The smallest absolute Gasteiger partial charge is 0.000536 e. The molecule has 0 spiro atoms. The number of halogens is 1. The molecule has 29 valence electrons. The van der Waals surface area contributed by atoms with Gasteiger partial charge < -0.3 is 0 Å². The molecule has 0 N–H and O–H groups in total. The SMILES string of the molecule is C[CH]/C=C\Cl. The topological polar surface area (TPSA) is 0 Å². The molecule has 0 unspecified atom stereocenters. The van der Waals surface area contributed by atoms with Crippen LogP contribution in [0.25, 0.3) is 0 Å². The summed E-state index contributed by atoms with van der Waals surface area (Å²) in [5, 5.41) is 0. The summed E-state index contributed by atoms with van der Waals surface area (Å²) >= 11 is 5.09. The van der Waals surface area contributed by atoms with E-state index in [1.807, 2.05) is 13.3 Å². The molecule has 0 bridgehead atoms. The Morgan fingerprint density at radius 2 is 2.20 bits per heavy atom. The molecule has 0 aromatic heterocycles. The Bertz CT molecular complexity index is 30.6. The quantitative estimate of drug-likeness (QED) is 0.461. The zero-order valence-corrected chi connectivity index (χ0v) is 3.87. The van der Waals surface area contributed by atoms with E-state index in [4.69, 9.17) is 11.6 Å². The second kappa shape index (κ2) is 4.03. The normalized spacial score (nSPS) is 10.0. The highest BCUT2D eigenvalue weighted by molar-refractivity contribution is 6.25. The summed E-state index contributed by atoms with van der Waals surface area (Å²) in [5.41, 5.74) is 1.47. The zero-order valence-electron chi connectivity index (χ0n) is 3.11. The van der Waals surface area contributed by atoms with Crippen molar-refractivity contribution in [3.63, 3.8) is 0 Å². The standard InChI is InChI=1S/C4H6Cl/c1-2-3-4-5/h2-4H,1H3/b4-3-. The lowest BCUT2D eigenvalue weighted by atomic mass is 10.5. The highest BCUT2D eigenvalue weighted by atomic mass is 35.5. The molecule has 0 fully saturated rings. The summed E-state index contributed by atoms with van der Waals surface area (Å²) < 4.78 is 0. The Kier molecular flexibility index (Phi) is 4.05. The first-order chi connectivity index (χ1) is 2.41. The van der Waals surface area contributed by atoms with Crippen LogP contribution in [0.2, 0.25) is 0 Å². The van der Waals surface area contributed by atoms with Gasteiger partial charge in [-0.2, -0.15) is 0 Å². The Morgan fingerprint density at radius 3 is 2.20 bits per heavy atom. The second-order valence-electron chi connectivity index (χ2n) is 0.652. The van der Waals surface area contributed by atoms with Gasteiger partial charge in [-0.25, -0.2) is 0 Å². The molecular formula is C4H6Cl.